The first-order valence-electron chi connectivity index (χ1n) is 6.92. The van der Waals surface area contributed by atoms with Gasteiger partial charge in [-0.1, -0.05) is 0 Å². The summed E-state index contributed by atoms with van der Waals surface area (Å²) in [7, 11) is 0. The zero-order valence-corrected chi connectivity index (χ0v) is 11.4. The lowest BCUT2D eigenvalue weighted by Gasteiger charge is -2.35. The van der Waals surface area contributed by atoms with Crippen LogP contribution in [-0.2, 0) is 14.3 Å². The lowest BCUT2D eigenvalue weighted by Crippen LogP contribution is -2.48. The quantitative estimate of drug-likeness (QED) is 0.790. The van der Waals surface area contributed by atoms with Crippen LogP contribution in [0.5, 0.6) is 0 Å². The maximum absolute atomic E-state index is 11.7. The van der Waals surface area contributed by atoms with Crippen molar-refractivity contribution in [2.45, 2.75) is 45.0 Å². The molecule has 0 unspecified atom stereocenters. The third-order valence-electron chi connectivity index (χ3n) is 3.44. The third kappa shape index (κ3) is 3.93. The fraction of sp³-hybridized carbons (Fsp3) is 0.923. The lowest BCUT2D eigenvalue weighted by atomic mass is 10.2. The van der Waals surface area contributed by atoms with Crippen LogP contribution < -0.4 is 5.32 Å². The van der Waals surface area contributed by atoms with Gasteiger partial charge in [-0.2, -0.15) is 0 Å². The Bertz CT molecular complexity index is 269. The molecular formula is C13H24N2O3. The van der Waals surface area contributed by atoms with Crippen LogP contribution in [0.2, 0.25) is 0 Å². The number of amides is 1. The van der Waals surface area contributed by atoms with E-state index in [9.17, 15) is 4.79 Å². The second-order valence-electron chi connectivity index (χ2n) is 5.31. The highest BCUT2D eigenvalue weighted by molar-refractivity contribution is 5.80. The topological polar surface area (TPSA) is 50.8 Å². The SMILES string of the molecule is C[C@@H]1CN(CCNC(=O)[C@@H]2CCCO2)C[C@@H](C)O1. The minimum Gasteiger partial charge on any atom is -0.373 e. The van der Waals surface area contributed by atoms with Crippen molar-refractivity contribution < 1.29 is 14.3 Å². The van der Waals surface area contributed by atoms with E-state index < -0.39 is 0 Å². The van der Waals surface area contributed by atoms with Crippen LogP contribution in [0.3, 0.4) is 0 Å². The first-order chi connectivity index (χ1) is 8.65. The highest BCUT2D eigenvalue weighted by Crippen LogP contribution is 2.12. The highest BCUT2D eigenvalue weighted by atomic mass is 16.5. The Labute approximate surface area is 109 Å². The Morgan fingerprint density at radius 1 is 1.33 bits per heavy atom. The number of ether oxygens (including phenoxy) is 2. The standard InChI is InChI=1S/C13H24N2O3/c1-10-8-15(9-11(2)18-10)6-5-14-13(16)12-4-3-7-17-12/h10-12H,3-9H2,1-2H3,(H,14,16)/t10-,11-,12+/m1/s1. The zero-order valence-electron chi connectivity index (χ0n) is 11.4. The van der Waals surface area contributed by atoms with Crippen molar-refractivity contribution in [3.05, 3.63) is 0 Å². The molecule has 0 aromatic heterocycles. The summed E-state index contributed by atoms with van der Waals surface area (Å²) in [5, 5.41) is 2.96. The van der Waals surface area contributed by atoms with Gasteiger partial charge < -0.3 is 14.8 Å². The van der Waals surface area contributed by atoms with Crippen molar-refractivity contribution in [2.24, 2.45) is 0 Å². The normalized spacial score (nSPS) is 33.6. The van der Waals surface area contributed by atoms with Gasteiger partial charge in [0.15, 0.2) is 0 Å². The Kier molecular flexibility index (Phi) is 4.97. The molecule has 0 spiro atoms. The predicted octanol–water partition coefficient (Wildman–Crippen LogP) is 0.391. The van der Waals surface area contributed by atoms with Gasteiger partial charge in [0.1, 0.15) is 6.10 Å². The first-order valence-corrected chi connectivity index (χ1v) is 6.92. The van der Waals surface area contributed by atoms with Crippen molar-refractivity contribution in [1.29, 1.82) is 0 Å². The molecule has 0 radical (unpaired) electrons. The lowest BCUT2D eigenvalue weighted by molar-refractivity contribution is -0.130. The molecule has 2 rings (SSSR count). The van der Waals surface area contributed by atoms with Crippen LogP contribution in [0.15, 0.2) is 0 Å². The van der Waals surface area contributed by atoms with Gasteiger partial charge in [0.05, 0.1) is 12.2 Å². The molecule has 0 aliphatic carbocycles. The van der Waals surface area contributed by atoms with Gasteiger partial charge in [0.2, 0.25) is 5.91 Å². The second-order valence-corrected chi connectivity index (χ2v) is 5.31. The molecule has 5 heteroatoms. The van der Waals surface area contributed by atoms with E-state index in [4.69, 9.17) is 9.47 Å². The number of nitrogens with zero attached hydrogens (tertiary/aromatic N) is 1. The molecule has 1 amide bonds. The predicted molar refractivity (Wildman–Crippen MR) is 68.4 cm³/mol. The number of carbonyl (C=O) groups is 1. The van der Waals surface area contributed by atoms with Crippen molar-refractivity contribution in [3.63, 3.8) is 0 Å². The monoisotopic (exact) mass is 256 g/mol. The summed E-state index contributed by atoms with van der Waals surface area (Å²) in [4.78, 5) is 14.1. The van der Waals surface area contributed by atoms with Gasteiger partial charge >= 0.3 is 0 Å². The van der Waals surface area contributed by atoms with Gasteiger partial charge in [-0.05, 0) is 26.7 Å². The van der Waals surface area contributed by atoms with E-state index in [0.29, 0.717) is 6.54 Å². The molecule has 3 atom stereocenters. The number of hydrogen-bond donors (Lipinski definition) is 1. The van der Waals surface area contributed by atoms with Crippen LogP contribution >= 0.6 is 0 Å². The summed E-state index contributed by atoms with van der Waals surface area (Å²) in [6.07, 6.45) is 2.20. The maximum atomic E-state index is 11.7. The van der Waals surface area contributed by atoms with Gasteiger partial charge in [-0.3, -0.25) is 9.69 Å². The molecule has 2 fully saturated rings. The summed E-state index contributed by atoms with van der Waals surface area (Å²) < 4.78 is 11.0. The van der Waals surface area contributed by atoms with Crippen molar-refractivity contribution in [1.82, 2.24) is 10.2 Å². The summed E-state index contributed by atoms with van der Waals surface area (Å²) in [6.45, 7) is 8.37. The Hall–Kier alpha value is -0.650. The summed E-state index contributed by atoms with van der Waals surface area (Å²) >= 11 is 0. The van der Waals surface area contributed by atoms with Crippen LogP contribution in [0.4, 0.5) is 0 Å². The minimum atomic E-state index is -0.215. The summed E-state index contributed by atoms with van der Waals surface area (Å²) in [5.41, 5.74) is 0. The Balaban J connectivity index is 1.63. The average Bonchev–Trinajstić information content (AvgIpc) is 2.80. The highest BCUT2D eigenvalue weighted by Gasteiger charge is 2.24. The third-order valence-corrected chi connectivity index (χ3v) is 3.44. The van der Waals surface area contributed by atoms with E-state index in [2.05, 4.69) is 24.1 Å². The van der Waals surface area contributed by atoms with Gasteiger partial charge in [-0.15, -0.1) is 0 Å². The zero-order chi connectivity index (χ0) is 13.0. The van der Waals surface area contributed by atoms with Crippen molar-refractivity contribution >= 4 is 5.91 Å². The van der Waals surface area contributed by atoms with E-state index in [0.717, 1.165) is 39.1 Å². The van der Waals surface area contributed by atoms with Gasteiger partial charge in [0.25, 0.3) is 0 Å². The number of morpholine rings is 1. The molecule has 2 saturated heterocycles. The molecule has 0 aromatic rings. The molecule has 18 heavy (non-hydrogen) atoms. The fourth-order valence-electron chi connectivity index (χ4n) is 2.70. The summed E-state index contributed by atoms with van der Waals surface area (Å²) in [6, 6.07) is 0. The van der Waals surface area contributed by atoms with Crippen LogP contribution in [-0.4, -0.2) is 61.9 Å². The van der Waals surface area contributed by atoms with E-state index in [-0.39, 0.29) is 24.2 Å². The molecule has 5 nitrogen and oxygen atoms in total. The summed E-state index contributed by atoms with van der Waals surface area (Å²) in [5.74, 6) is 0.0434. The van der Waals surface area contributed by atoms with Crippen molar-refractivity contribution in [2.75, 3.05) is 32.8 Å². The number of carbonyl (C=O) groups excluding carboxylic acids is 1. The van der Waals surface area contributed by atoms with E-state index in [1.165, 1.54) is 0 Å². The van der Waals surface area contributed by atoms with E-state index in [1.807, 2.05) is 0 Å². The fourth-order valence-corrected chi connectivity index (χ4v) is 2.70. The van der Waals surface area contributed by atoms with E-state index in [1.54, 1.807) is 0 Å². The average molecular weight is 256 g/mol. The molecular weight excluding hydrogens is 232 g/mol. The molecule has 2 heterocycles. The number of hydrogen-bond acceptors (Lipinski definition) is 4. The van der Waals surface area contributed by atoms with Crippen LogP contribution in [0.1, 0.15) is 26.7 Å². The second kappa shape index (κ2) is 6.50. The first kappa shape index (κ1) is 13.8. The minimum absolute atomic E-state index is 0.0434. The Morgan fingerprint density at radius 2 is 2.06 bits per heavy atom. The largest absolute Gasteiger partial charge is 0.373 e. The molecule has 0 saturated carbocycles. The van der Waals surface area contributed by atoms with Crippen LogP contribution in [0, 0.1) is 0 Å². The number of nitrogens with one attached hydrogen (secondary N) is 1. The van der Waals surface area contributed by atoms with Crippen molar-refractivity contribution in [3.8, 4) is 0 Å². The van der Waals surface area contributed by atoms with Gasteiger partial charge in [-0.25, -0.2) is 0 Å². The van der Waals surface area contributed by atoms with E-state index >= 15 is 0 Å². The Morgan fingerprint density at radius 3 is 2.67 bits per heavy atom. The number of rotatable bonds is 4. The molecule has 2 aliphatic rings. The molecule has 2 aliphatic heterocycles. The maximum Gasteiger partial charge on any atom is 0.249 e. The van der Waals surface area contributed by atoms with Crippen LogP contribution in [0.25, 0.3) is 0 Å². The molecule has 0 aromatic carbocycles. The molecule has 0 bridgehead atoms. The van der Waals surface area contributed by atoms with Gasteiger partial charge in [0, 0.05) is 32.8 Å². The molecule has 104 valence electrons. The smallest absolute Gasteiger partial charge is 0.249 e. The molecule has 1 N–H and O–H groups in total.